The lowest BCUT2D eigenvalue weighted by molar-refractivity contribution is 0.436. The molecule has 3 aromatic carbocycles. The van der Waals surface area contributed by atoms with Crippen molar-refractivity contribution in [1.82, 2.24) is 5.01 Å². The number of hydrogen-bond donors (Lipinski definition) is 2. The normalized spacial score (nSPS) is 16.2. The van der Waals surface area contributed by atoms with E-state index >= 15 is 0 Å². The van der Waals surface area contributed by atoms with Crippen molar-refractivity contribution in [3.05, 3.63) is 86.6 Å². The summed E-state index contributed by atoms with van der Waals surface area (Å²) < 4.78 is 14.8. The van der Waals surface area contributed by atoms with Crippen LogP contribution < -0.4 is 5.01 Å². The molecule has 0 spiro atoms. The summed E-state index contributed by atoms with van der Waals surface area (Å²) in [4.78, 5) is 4.71. The Bertz CT molecular complexity index is 1150. The van der Waals surface area contributed by atoms with Crippen LogP contribution in [0.5, 0.6) is 11.5 Å². The minimum atomic E-state index is -0.841. The fourth-order valence-electron chi connectivity index (χ4n) is 3.32. The summed E-state index contributed by atoms with van der Waals surface area (Å²) in [5.74, 6) is -0.165. The monoisotopic (exact) mass is 465 g/mol. The molecule has 0 saturated carbocycles. The van der Waals surface area contributed by atoms with Gasteiger partial charge in [-0.05, 0) is 48.5 Å². The maximum atomic E-state index is 14.8. The lowest BCUT2D eigenvalue weighted by Gasteiger charge is -2.33. The number of hydrazine groups is 1. The fraction of sp³-hybridized carbons (Fsp3) is 0.0952. The van der Waals surface area contributed by atoms with Gasteiger partial charge in [-0.3, -0.25) is 10.0 Å². The Balaban J connectivity index is 1.89. The van der Waals surface area contributed by atoms with Crippen LogP contribution in [-0.2, 0) is 0 Å². The van der Waals surface area contributed by atoms with Gasteiger partial charge in [-0.25, -0.2) is 9.38 Å². The Morgan fingerprint density at radius 3 is 2.20 bits per heavy atom. The first kappa shape index (κ1) is 20.6. The van der Waals surface area contributed by atoms with Crippen molar-refractivity contribution in [2.45, 2.75) is 6.17 Å². The van der Waals surface area contributed by atoms with E-state index in [4.69, 9.17) is 39.8 Å². The highest BCUT2D eigenvalue weighted by atomic mass is 35.5. The van der Waals surface area contributed by atoms with E-state index in [1.807, 2.05) is 0 Å². The first-order chi connectivity index (χ1) is 14.3. The largest absolute Gasteiger partial charge is 0.506 e. The number of nitrogens with zero attached hydrogens (tertiary/aromatic N) is 3. The van der Waals surface area contributed by atoms with Gasteiger partial charge in [-0.1, -0.05) is 40.9 Å². The van der Waals surface area contributed by atoms with E-state index in [-0.39, 0.29) is 32.1 Å². The van der Waals surface area contributed by atoms with Crippen molar-refractivity contribution in [1.29, 1.82) is 0 Å². The van der Waals surface area contributed by atoms with Crippen LogP contribution in [-0.4, -0.2) is 28.1 Å². The standard InChI is InChI=1S/C21H15Cl3FN3O2/c1-27-20(11-5-7-17(29)14(23)9-11)26-21(19-13(22)3-2-4-16(19)25)28(27)12-6-8-18(30)15(24)10-12/h2-10,21,29-30H,1H3. The number of benzene rings is 3. The van der Waals surface area contributed by atoms with E-state index in [0.717, 1.165) is 0 Å². The van der Waals surface area contributed by atoms with Gasteiger partial charge >= 0.3 is 0 Å². The zero-order valence-corrected chi connectivity index (χ0v) is 17.8. The molecule has 0 aromatic heterocycles. The van der Waals surface area contributed by atoms with Crippen molar-refractivity contribution < 1.29 is 14.6 Å². The van der Waals surface area contributed by atoms with Gasteiger partial charge in [0, 0.05) is 12.6 Å². The Labute approximate surface area is 187 Å². The number of amidine groups is 1. The molecule has 9 heteroatoms. The molecule has 1 atom stereocenters. The summed E-state index contributed by atoms with van der Waals surface area (Å²) in [5, 5.41) is 23.5. The number of phenols is 2. The van der Waals surface area contributed by atoms with E-state index in [0.29, 0.717) is 17.1 Å². The van der Waals surface area contributed by atoms with Gasteiger partial charge in [-0.15, -0.1) is 0 Å². The van der Waals surface area contributed by atoms with Crippen LogP contribution in [0, 0.1) is 5.82 Å². The van der Waals surface area contributed by atoms with Gasteiger partial charge in [-0.2, -0.15) is 0 Å². The molecular weight excluding hydrogens is 452 g/mol. The third kappa shape index (κ3) is 3.51. The molecule has 3 aromatic rings. The van der Waals surface area contributed by atoms with Gasteiger partial charge in [0.05, 0.1) is 26.3 Å². The summed E-state index contributed by atoms with van der Waals surface area (Å²) in [6.45, 7) is 0. The molecule has 0 amide bonds. The summed E-state index contributed by atoms with van der Waals surface area (Å²) >= 11 is 18.5. The molecule has 0 bridgehead atoms. The predicted molar refractivity (Wildman–Crippen MR) is 117 cm³/mol. The smallest absolute Gasteiger partial charge is 0.172 e. The highest BCUT2D eigenvalue weighted by molar-refractivity contribution is 6.33. The molecule has 0 saturated heterocycles. The molecule has 1 heterocycles. The maximum Gasteiger partial charge on any atom is 0.172 e. The first-order valence-electron chi connectivity index (χ1n) is 8.80. The molecule has 5 nitrogen and oxygen atoms in total. The summed E-state index contributed by atoms with van der Waals surface area (Å²) in [6, 6.07) is 13.7. The van der Waals surface area contributed by atoms with Crippen LogP contribution in [0.2, 0.25) is 15.1 Å². The van der Waals surface area contributed by atoms with Gasteiger partial charge in [0.15, 0.2) is 12.0 Å². The summed E-state index contributed by atoms with van der Waals surface area (Å²) in [5.41, 5.74) is 1.37. The number of rotatable bonds is 3. The number of phenolic OH excluding ortho intramolecular Hbond substituents is 2. The second kappa shape index (κ2) is 7.87. The van der Waals surface area contributed by atoms with Crippen LogP contribution >= 0.6 is 34.8 Å². The number of aromatic hydroxyl groups is 2. The molecule has 0 radical (unpaired) electrons. The quantitative estimate of drug-likeness (QED) is 0.496. The number of hydrogen-bond acceptors (Lipinski definition) is 5. The van der Waals surface area contributed by atoms with E-state index in [1.54, 1.807) is 47.4 Å². The number of anilines is 1. The van der Waals surface area contributed by atoms with Crippen molar-refractivity contribution in [2.75, 3.05) is 12.1 Å². The molecule has 0 aliphatic carbocycles. The van der Waals surface area contributed by atoms with Crippen molar-refractivity contribution in [3.63, 3.8) is 0 Å². The second-order valence-electron chi connectivity index (χ2n) is 6.63. The van der Waals surface area contributed by atoms with E-state index in [9.17, 15) is 14.6 Å². The third-order valence-electron chi connectivity index (χ3n) is 4.77. The topological polar surface area (TPSA) is 59.3 Å². The fourth-order valence-corrected chi connectivity index (χ4v) is 3.94. The minimum Gasteiger partial charge on any atom is -0.506 e. The molecule has 1 aliphatic heterocycles. The predicted octanol–water partition coefficient (Wildman–Crippen LogP) is 6.01. The second-order valence-corrected chi connectivity index (χ2v) is 7.85. The van der Waals surface area contributed by atoms with E-state index < -0.39 is 12.0 Å². The molecule has 4 rings (SSSR count). The van der Waals surface area contributed by atoms with Gasteiger partial charge in [0.25, 0.3) is 0 Å². The first-order valence-corrected chi connectivity index (χ1v) is 9.93. The lowest BCUT2D eigenvalue weighted by Crippen LogP contribution is -2.40. The molecule has 1 aliphatic rings. The van der Waals surface area contributed by atoms with Crippen LogP contribution in [0.4, 0.5) is 10.1 Å². The van der Waals surface area contributed by atoms with E-state index in [2.05, 4.69) is 0 Å². The Hall–Kier alpha value is -2.67. The Morgan fingerprint density at radius 1 is 0.900 bits per heavy atom. The molecule has 30 heavy (non-hydrogen) atoms. The van der Waals surface area contributed by atoms with Gasteiger partial charge in [0.2, 0.25) is 0 Å². The molecule has 2 N–H and O–H groups in total. The zero-order valence-electron chi connectivity index (χ0n) is 15.5. The molecule has 1 unspecified atom stereocenters. The van der Waals surface area contributed by atoms with Gasteiger partial charge < -0.3 is 10.2 Å². The number of aliphatic imine (C=N–C) groups is 1. The van der Waals surface area contributed by atoms with Crippen LogP contribution in [0.1, 0.15) is 17.3 Å². The summed E-state index contributed by atoms with van der Waals surface area (Å²) in [6.07, 6.45) is -0.841. The SMILES string of the molecule is CN1C(c2ccc(O)c(Cl)c2)=NC(c2c(F)cccc2Cl)N1c1ccc(O)c(Cl)c1. The van der Waals surface area contributed by atoms with Crippen LogP contribution in [0.3, 0.4) is 0 Å². The van der Waals surface area contributed by atoms with Crippen molar-refractivity contribution in [2.24, 2.45) is 4.99 Å². The zero-order chi connectivity index (χ0) is 21.6. The average Bonchev–Trinajstić information content (AvgIpc) is 3.03. The minimum absolute atomic E-state index is 0.0578. The van der Waals surface area contributed by atoms with Gasteiger partial charge in [0.1, 0.15) is 17.3 Å². The van der Waals surface area contributed by atoms with Crippen molar-refractivity contribution in [3.8, 4) is 11.5 Å². The highest BCUT2D eigenvalue weighted by Gasteiger charge is 2.36. The van der Waals surface area contributed by atoms with E-state index in [1.165, 1.54) is 24.3 Å². The number of halogens is 4. The maximum absolute atomic E-state index is 14.8. The summed E-state index contributed by atoms with van der Waals surface area (Å²) in [7, 11) is 1.75. The third-order valence-corrected chi connectivity index (χ3v) is 5.70. The lowest BCUT2D eigenvalue weighted by atomic mass is 10.1. The molecule has 154 valence electrons. The Morgan fingerprint density at radius 2 is 1.57 bits per heavy atom. The highest BCUT2D eigenvalue weighted by Crippen LogP contribution is 2.41. The Kier molecular flexibility index (Phi) is 5.40. The van der Waals surface area contributed by atoms with Crippen molar-refractivity contribution >= 4 is 46.3 Å². The molecular formula is C21H15Cl3FN3O2. The average molecular weight is 467 g/mol. The van der Waals surface area contributed by atoms with Crippen LogP contribution in [0.15, 0.2) is 59.6 Å². The van der Waals surface area contributed by atoms with Crippen LogP contribution in [0.25, 0.3) is 0 Å². The molecule has 0 fully saturated rings.